The normalized spacial score (nSPS) is 21.2. The Morgan fingerprint density at radius 2 is 1.96 bits per heavy atom. The van der Waals surface area contributed by atoms with Crippen molar-refractivity contribution in [3.05, 3.63) is 41.7 Å². The van der Waals surface area contributed by atoms with Crippen LogP contribution in [-0.4, -0.2) is 38.2 Å². The molecule has 1 aliphatic carbocycles. The minimum atomic E-state index is -0.446. The van der Waals surface area contributed by atoms with Crippen molar-refractivity contribution in [1.82, 2.24) is 25.5 Å². The van der Waals surface area contributed by atoms with Crippen LogP contribution in [0.1, 0.15) is 43.1 Å². The van der Waals surface area contributed by atoms with E-state index in [1.807, 2.05) is 37.3 Å². The molecule has 1 saturated carbocycles. The van der Waals surface area contributed by atoms with Crippen molar-refractivity contribution in [2.24, 2.45) is 5.73 Å². The van der Waals surface area contributed by atoms with Crippen molar-refractivity contribution in [3.63, 3.8) is 0 Å². The second-order valence-corrected chi connectivity index (χ2v) is 6.50. The molecule has 7 nitrogen and oxygen atoms in total. The molecule has 0 saturated heterocycles. The maximum Gasteiger partial charge on any atom is 0.245 e. The molecule has 1 amide bonds. The lowest BCUT2D eigenvalue weighted by Crippen LogP contribution is -2.44. The molecule has 8 heteroatoms. The number of carbonyl (C=O) groups excluding carboxylic acids is 1. The van der Waals surface area contributed by atoms with E-state index in [2.05, 4.69) is 20.8 Å². The SMILES string of the molecule is Cc1nnnn1C(Cc1ccccc1)C(=O)NC1CCC(N)CC1.Cl. The lowest BCUT2D eigenvalue weighted by Gasteiger charge is -2.28. The average molecular weight is 365 g/mol. The largest absolute Gasteiger partial charge is 0.351 e. The molecule has 1 aliphatic rings. The molecule has 1 heterocycles. The first-order valence-electron chi connectivity index (χ1n) is 8.48. The summed E-state index contributed by atoms with van der Waals surface area (Å²) in [5, 5.41) is 14.8. The summed E-state index contributed by atoms with van der Waals surface area (Å²) < 4.78 is 1.61. The Morgan fingerprint density at radius 3 is 2.56 bits per heavy atom. The highest BCUT2D eigenvalue weighted by Gasteiger charge is 2.27. The number of aromatic nitrogens is 4. The van der Waals surface area contributed by atoms with Crippen LogP contribution in [-0.2, 0) is 11.2 Å². The van der Waals surface area contributed by atoms with Crippen LogP contribution in [0.25, 0.3) is 0 Å². The smallest absolute Gasteiger partial charge is 0.245 e. The zero-order valence-electron chi connectivity index (χ0n) is 14.3. The number of tetrazole rings is 1. The fourth-order valence-corrected chi connectivity index (χ4v) is 3.21. The molecule has 0 spiro atoms. The number of rotatable bonds is 5. The van der Waals surface area contributed by atoms with Gasteiger partial charge in [0.05, 0.1) is 0 Å². The molecule has 0 aliphatic heterocycles. The first-order chi connectivity index (χ1) is 11.6. The van der Waals surface area contributed by atoms with Crippen LogP contribution in [0.3, 0.4) is 0 Å². The van der Waals surface area contributed by atoms with Crippen LogP contribution in [0, 0.1) is 6.92 Å². The quantitative estimate of drug-likeness (QED) is 0.839. The van der Waals surface area contributed by atoms with Gasteiger partial charge in [0.15, 0.2) is 0 Å². The van der Waals surface area contributed by atoms with Gasteiger partial charge in [0.25, 0.3) is 0 Å². The molecule has 3 rings (SSSR count). The van der Waals surface area contributed by atoms with Gasteiger partial charge in [-0.15, -0.1) is 17.5 Å². The third-order valence-corrected chi connectivity index (χ3v) is 4.65. The van der Waals surface area contributed by atoms with Gasteiger partial charge in [-0.05, 0) is 48.6 Å². The summed E-state index contributed by atoms with van der Waals surface area (Å²) in [6.45, 7) is 1.81. The number of hydrogen-bond acceptors (Lipinski definition) is 5. The van der Waals surface area contributed by atoms with E-state index in [1.165, 1.54) is 0 Å². The molecule has 25 heavy (non-hydrogen) atoms. The molecular formula is C17H25ClN6O. The fourth-order valence-electron chi connectivity index (χ4n) is 3.21. The van der Waals surface area contributed by atoms with E-state index < -0.39 is 6.04 Å². The van der Waals surface area contributed by atoms with E-state index in [-0.39, 0.29) is 30.4 Å². The summed E-state index contributed by atoms with van der Waals surface area (Å²) in [5.74, 6) is 0.603. The summed E-state index contributed by atoms with van der Waals surface area (Å²) in [5.41, 5.74) is 7.03. The Hall–Kier alpha value is -1.99. The average Bonchev–Trinajstić information content (AvgIpc) is 3.01. The highest BCUT2D eigenvalue weighted by atomic mass is 35.5. The summed E-state index contributed by atoms with van der Waals surface area (Å²) in [6.07, 6.45) is 4.33. The molecule has 1 aromatic carbocycles. The summed E-state index contributed by atoms with van der Waals surface area (Å²) >= 11 is 0. The van der Waals surface area contributed by atoms with Crippen LogP contribution in [0.2, 0.25) is 0 Å². The standard InChI is InChI=1S/C17H24N6O.ClH/c1-12-20-21-22-23(12)16(11-13-5-3-2-4-6-13)17(24)19-15-9-7-14(18)8-10-15;/h2-6,14-16H,7-11,18H2,1H3,(H,19,24);1H. The third kappa shape index (κ3) is 4.99. The van der Waals surface area contributed by atoms with Crippen molar-refractivity contribution >= 4 is 18.3 Å². The van der Waals surface area contributed by atoms with Gasteiger partial charge in [-0.2, -0.15) is 0 Å². The summed E-state index contributed by atoms with van der Waals surface area (Å²) in [7, 11) is 0. The lowest BCUT2D eigenvalue weighted by atomic mass is 9.91. The topological polar surface area (TPSA) is 98.7 Å². The number of nitrogens with one attached hydrogen (secondary N) is 1. The number of halogens is 1. The van der Waals surface area contributed by atoms with Crippen LogP contribution < -0.4 is 11.1 Å². The van der Waals surface area contributed by atoms with Gasteiger partial charge in [0.1, 0.15) is 11.9 Å². The second kappa shape index (κ2) is 8.92. The van der Waals surface area contributed by atoms with Crippen LogP contribution >= 0.6 is 12.4 Å². The van der Waals surface area contributed by atoms with Crippen molar-refractivity contribution in [1.29, 1.82) is 0 Å². The van der Waals surface area contributed by atoms with E-state index in [0.29, 0.717) is 12.2 Å². The van der Waals surface area contributed by atoms with Crippen molar-refractivity contribution < 1.29 is 4.79 Å². The zero-order chi connectivity index (χ0) is 16.9. The van der Waals surface area contributed by atoms with E-state index in [0.717, 1.165) is 31.2 Å². The third-order valence-electron chi connectivity index (χ3n) is 4.65. The number of carbonyl (C=O) groups is 1. The fraction of sp³-hybridized carbons (Fsp3) is 0.529. The molecular weight excluding hydrogens is 340 g/mol. The Kier molecular flexibility index (Phi) is 6.90. The molecule has 1 fully saturated rings. The number of hydrogen-bond donors (Lipinski definition) is 2. The highest BCUT2D eigenvalue weighted by molar-refractivity contribution is 5.85. The summed E-state index contributed by atoms with van der Waals surface area (Å²) in [4.78, 5) is 12.9. The van der Waals surface area contributed by atoms with Crippen LogP contribution in [0.4, 0.5) is 0 Å². The van der Waals surface area contributed by atoms with Gasteiger partial charge in [-0.25, -0.2) is 4.68 Å². The number of amides is 1. The Morgan fingerprint density at radius 1 is 1.28 bits per heavy atom. The number of benzene rings is 1. The van der Waals surface area contributed by atoms with E-state index in [4.69, 9.17) is 5.73 Å². The van der Waals surface area contributed by atoms with Crippen molar-refractivity contribution in [3.8, 4) is 0 Å². The van der Waals surface area contributed by atoms with E-state index in [1.54, 1.807) is 4.68 Å². The first kappa shape index (κ1) is 19.3. The van der Waals surface area contributed by atoms with Gasteiger partial charge < -0.3 is 11.1 Å². The first-order valence-corrected chi connectivity index (χ1v) is 8.48. The minimum absolute atomic E-state index is 0. The van der Waals surface area contributed by atoms with Gasteiger partial charge in [-0.1, -0.05) is 30.3 Å². The molecule has 2 aromatic rings. The maximum atomic E-state index is 12.9. The van der Waals surface area contributed by atoms with Crippen LogP contribution in [0.15, 0.2) is 30.3 Å². The molecule has 0 bridgehead atoms. The number of nitrogens with two attached hydrogens (primary N) is 1. The minimum Gasteiger partial charge on any atom is -0.351 e. The highest BCUT2D eigenvalue weighted by Crippen LogP contribution is 2.20. The molecule has 0 radical (unpaired) electrons. The van der Waals surface area contributed by atoms with Gasteiger partial charge in [-0.3, -0.25) is 4.79 Å². The molecule has 1 atom stereocenters. The predicted octanol–water partition coefficient (Wildman–Crippen LogP) is 1.57. The Balaban J connectivity index is 0.00000225. The molecule has 136 valence electrons. The van der Waals surface area contributed by atoms with Crippen molar-refractivity contribution in [2.45, 2.75) is 57.2 Å². The van der Waals surface area contributed by atoms with Gasteiger partial charge in [0.2, 0.25) is 5.91 Å². The Labute approximate surface area is 153 Å². The Bertz CT molecular complexity index is 669. The van der Waals surface area contributed by atoms with Crippen LogP contribution in [0.5, 0.6) is 0 Å². The zero-order valence-corrected chi connectivity index (χ0v) is 15.2. The van der Waals surface area contributed by atoms with Crippen molar-refractivity contribution in [2.75, 3.05) is 0 Å². The van der Waals surface area contributed by atoms with E-state index >= 15 is 0 Å². The van der Waals surface area contributed by atoms with Gasteiger partial charge in [0, 0.05) is 18.5 Å². The maximum absolute atomic E-state index is 12.9. The monoisotopic (exact) mass is 364 g/mol. The number of aryl methyl sites for hydroxylation is 1. The molecule has 1 unspecified atom stereocenters. The molecule has 1 aromatic heterocycles. The molecule has 3 N–H and O–H groups in total. The second-order valence-electron chi connectivity index (χ2n) is 6.50. The van der Waals surface area contributed by atoms with E-state index in [9.17, 15) is 4.79 Å². The number of nitrogens with zero attached hydrogens (tertiary/aromatic N) is 4. The van der Waals surface area contributed by atoms with Gasteiger partial charge >= 0.3 is 0 Å². The predicted molar refractivity (Wildman–Crippen MR) is 97.4 cm³/mol. The summed E-state index contributed by atoms with van der Waals surface area (Å²) in [6, 6.07) is 9.94. The lowest BCUT2D eigenvalue weighted by molar-refractivity contribution is -0.125.